The zero-order chi connectivity index (χ0) is 13.2. The zero-order valence-corrected chi connectivity index (χ0v) is 10.7. The monoisotopic (exact) mass is 253 g/mol. The highest BCUT2D eigenvalue weighted by Gasteiger charge is 2.39. The van der Waals surface area contributed by atoms with E-state index in [0.29, 0.717) is 43.7 Å². The van der Waals surface area contributed by atoms with Crippen molar-refractivity contribution in [3.63, 3.8) is 0 Å². The van der Waals surface area contributed by atoms with Gasteiger partial charge < -0.3 is 15.6 Å². The Labute approximate surface area is 107 Å². The highest BCUT2D eigenvalue weighted by molar-refractivity contribution is 5.26. The molecular formula is C14H20FNO2. The van der Waals surface area contributed by atoms with Crippen LogP contribution in [-0.2, 0) is 4.74 Å². The quantitative estimate of drug-likeness (QED) is 0.865. The number of aryl methyl sites for hydroxylation is 1. The first-order valence-electron chi connectivity index (χ1n) is 6.31. The van der Waals surface area contributed by atoms with Crippen LogP contribution in [0.15, 0.2) is 18.2 Å². The molecule has 1 heterocycles. The van der Waals surface area contributed by atoms with Gasteiger partial charge in [0, 0.05) is 25.2 Å². The summed E-state index contributed by atoms with van der Waals surface area (Å²) >= 11 is 0. The van der Waals surface area contributed by atoms with E-state index in [4.69, 9.17) is 10.5 Å². The Bertz CT molecular complexity index is 416. The molecule has 18 heavy (non-hydrogen) atoms. The van der Waals surface area contributed by atoms with Crippen LogP contribution in [0.3, 0.4) is 0 Å². The third-order valence-electron chi connectivity index (χ3n) is 3.99. The maximum absolute atomic E-state index is 13.6. The minimum absolute atomic E-state index is 0.286. The number of benzene rings is 1. The number of rotatable bonds is 3. The largest absolute Gasteiger partial charge is 0.388 e. The maximum Gasteiger partial charge on any atom is 0.126 e. The minimum Gasteiger partial charge on any atom is -0.388 e. The van der Waals surface area contributed by atoms with Crippen molar-refractivity contribution in [2.75, 3.05) is 19.8 Å². The van der Waals surface area contributed by atoms with Crippen molar-refractivity contribution in [3.05, 3.63) is 35.1 Å². The van der Waals surface area contributed by atoms with Crippen LogP contribution in [0.1, 0.15) is 30.1 Å². The summed E-state index contributed by atoms with van der Waals surface area (Å²) in [6.07, 6.45) is 0.682. The van der Waals surface area contributed by atoms with Gasteiger partial charge in [0.25, 0.3) is 0 Å². The fraction of sp³-hybridized carbons (Fsp3) is 0.571. The molecule has 3 N–H and O–H groups in total. The summed E-state index contributed by atoms with van der Waals surface area (Å²) in [5.41, 5.74) is 6.63. The molecule has 3 nitrogen and oxygen atoms in total. The van der Waals surface area contributed by atoms with E-state index in [1.165, 1.54) is 6.07 Å². The third-order valence-corrected chi connectivity index (χ3v) is 3.99. The molecule has 4 heteroatoms. The van der Waals surface area contributed by atoms with Crippen molar-refractivity contribution in [3.8, 4) is 0 Å². The Hall–Kier alpha value is -0.970. The van der Waals surface area contributed by atoms with E-state index < -0.39 is 6.10 Å². The molecule has 1 aliphatic rings. The molecule has 1 aromatic rings. The standard InChI is InChI=1S/C14H20FNO2/c1-10-2-3-11(8-12(10)15)13(17)14(9-16)4-6-18-7-5-14/h2-3,8,13,17H,4-7,9,16H2,1H3. The normalized spacial score (nSPS) is 20.7. The van der Waals surface area contributed by atoms with Crippen molar-refractivity contribution in [2.24, 2.45) is 11.1 Å². The number of hydrogen-bond donors (Lipinski definition) is 2. The van der Waals surface area contributed by atoms with E-state index in [1.54, 1.807) is 19.1 Å². The SMILES string of the molecule is Cc1ccc(C(O)C2(CN)CCOCC2)cc1F. The van der Waals surface area contributed by atoms with E-state index in [0.717, 1.165) is 0 Å². The van der Waals surface area contributed by atoms with Crippen LogP contribution in [-0.4, -0.2) is 24.9 Å². The summed E-state index contributed by atoms with van der Waals surface area (Å²) in [5.74, 6) is -0.286. The van der Waals surface area contributed by atoms with E-state index in [9.17, 15) is 9.50 Å². The zero-order valence-electron chi connectivity index (χ0n) is 10.7. The number of aliphatic hydroxyl groups is 1. The van der Waals surface area contributed by atoms with Gasteiger partial charge in [0.2, 0.25) is 0 Å². The fourth-order valence-corrected chi connectivity index (χ4v) is 2.50. The van der Waals surface area contributed by atoms with Gasteiger partial charge in [-0.2, -0.15) is 0 Å². The average molecular weight is 253 g/mol. The number of halogens is 1. The van der Waals surface area contributed by atoms with Gasteiger partial charge in [0.05, 0.1) is 6.10 Å². The molecule has 1 atom stereocenters. The summed E-state index contributed by atoms with van der Waals surface area (Å²) in [6, 6.07) is 4.88. The number of aliphatic hydroxyl groups excluding tert-OH is 1. The van der Waals surface area contributed by atoms with E-state index >= 15 is 0 Å². The first kappa shape index (κ1) is 13.5. The van der Waals surface area contributed by atoms with Crippen molar-refractivity contribution in [1.29, 1.82) is 0 Å². The Morgan fingerprint density at radius 1 is 1.44 bits per heavy atom. The van der Waals surface area contributed by atoms with Gasteiger partial charge in [0.1, 0.15) is 5.82 Å². The molecule has 100 valence electrons. The molecule has 1 aromatic carbocycles. The second-order valence-electron chi connectivity index (χ2n) is 5.09. The lowest BCUT2D eigenvalue weighted by Crippen LogP contribution is -2.41. The third kappa shape index (κ3) is 2.41. The molecule has 0 bridgehead atoms. The van der Waals surface area contributed by atoms with Crippen LogP contribution in [0.2, 0.25) is 0 Å². The van der Waals surface area contributed by atoms with Crippen LogP contribution in [0.4, 0.5) is 4.39 Å². The number of ether oxygens (including phenoxy) is 1. The smallest absolute Gasteiger partial charge is 0.126 e. The van der Waals surface area contributed by atoms with Gasteiger partial charge in [0.15, 0.2) is 0 Å². The van der Waals surface area contributed by atoms with Crippen molar-refractivity contribution >= 4 is 0 Å². The summed E-state index contributed by atoms with van der Waals surface area (Å²) in [5, 5.41) is 10.5. The molecule has 2 rings (SSSR count). The molecule has 0 aromatic heterocycles. The lowest BCUT2D eigenvalue weighted by molar-refractivity contribution is -0.0582. The predicted octanol–water partition coefficient (Wildman–Crippen LogP) is 1.92. The highest BCUT2D eigenvalue weighted by atomic mass is 19.1. The molecule has 0 saturated carbocycles. The first-order chi connectivity index (χ1) is 8.59. The predicted molar refractivity (Wildman–Crippen MR) is 67.6 cm³/mol. The lowest BCUT2D eigenvalue weighted by atomic mass is 9.73. The Kier molecular flexibility index (Phi) is 4.00. The topological polar surface area (TPSA) is 55.5 Å². The molecular weight excluding hydrogens is 233 g/mol. The summed E-state index contributed by atoms with van der Waals surface area (Å²) in [4.78, 5) is 0. The number of hydrogen-bond acceptors (Lipinski definition) is 3. The molecule has 0 radical (unpaired) electrons. The van der Waals surface area contributed by atoms with Crippen molar-refractivity contribution in [1.82, 2.24) is 0 Å². The van der Waals surface area contributed by atoms with E-state index in [2.05, 4.69) is 0 Å². The molecule has 1 unspecified atom stereocenters. The molecule has 0 spiro atoms. The molecule has 0 amide bonds. The molecule has 1 saturated heterocycles. The highest BCUT2D eigenvalue weighted by Crippen LogP contribution is 2.41. The van der Waals surface area contributed by atoms with Gasteiger partial charge in [-0.05, 0) is 37.0 Å². The molecule has 0 aliphatic carbocycles. The fourth-order valence-electron chi connectivity index (χ4n) is 2.50. The van der Waals surface area contributed by atoms with Gasteiger partial charge in [-0.3, -0.25) is 0 Å². The van der Waals surface area contributed by atoms with Gasteiger partial charge in [-0.25, -0.2) is 4.39 Å². The molecule has 1 fully saturated rings. The van der Waals surface area contributed by atoms with Gasteiger partial charge in [-0.15, -0.1) is 0 Å². The Balaban J connectivity index is 2.27. The van der Waals surface area contributed by atoms with Crippen LogP contribution in [0, 0.1) is 18.2 Å². The lowest BCUT2D eigenvalue weighted by Gasteiger charge is -2.40. The van der Waals surface area contributed by atoms with Crippen molar-refractivity contribution in [2.45, 2.75) is 25.9 Å². The van der Waals surface area contributed by atoms with E-state index in [-0.39, 0.29) is 11.2 Å². The first-order valence-corrected chi connectivity index (χ1v) is 6.31. The number of nitrogens with two attached hydrogens (primary N) is 1. The summed E-state index contributed by atoms with van der Waals surface area (Å²) < 4.78 is 18.9. The average Bonchev–Trinajstić information content (AvgIpc) is 2.42. The summed E-state index contributed by atoms with van der Waals surface area (Å²) in [6.45, 7) is 3.29. The second-order valence-corrected chi connectivity index (χ2v) is 5.09. The van der Waals surface area contributed by atoms with Crippen LogP contribution >= 0.6 is 0 Å². The second kappa shape index (κ2) is 5.34. The van der Waals surface area contributed by atoms with Gasteiger partial charge in [-0.1, -0.05) is 12.1 Å². The maximum atomic E-state index is 13.6. The minimum atomic E-state index is -0.735. The Morgan fingerprint density at radius 2 is 2.11 bits per heavy atom. The van der Waals surface area contributed by atoms with Crippen molar-refractivity contribution < 1.29 is 14.2 Å². The summed E-state index contributed by atoms with van der Waals surface area (Å²) in [7, 11) is 0. The van der Waals surface area contributed by atoms with E-state index in [1.807, 2.05) is 0 Å². The van der Waals surface area contributed by atoms with Crippen LogP contribution < -0.4 is 5.73 Å². The Morgan fingerprint density at radius 3 is 2.67 bits per heavy atom. The van der Waals surface area contributed by atoms with Gasteiger partial charge >= 0.3 is 0 Å². The molecule has 1 aliphatic heterocycles. The van der Waals surface area contributed by atoms with Crippen LogP contribution in [0.5, 0.6) is 0 Å². The van der Waals surface area contributed by atoms with Crippen LogP contribution in [0.25, 0.3) is 0 Å².